The molecule has 0 amide bonds. The molecular weight excluding hydrogens is 130 g/mol. The second-order valence-corrected chi connectivity index (χ2v) is 3.27. The van der Waals surface area contributed by atoms with Gasteiger partial charge in [0.15, 0.2) is 0 Å². The summed E-state index contributed by atoms with van der Waals surface area (Å²) in [7, 11) is 0. The third kappa shape index (κ3) is 2.71. The summed E-state index contributed by atoms with van der Waals surface area (Å²) in [5, 5.41) is 12.2. The van der Waals surface area contributed by atoms with Crippen molar-refractivity contribution in [3.8, 4) is 0 Å². The van der Waals surface area contributed by atoms with Crippen LogP contribution < -0.4 is 0 Å². The SMILES string of the molecule is CC(C)(C)[C@@H](CO)N=[N+]=[N-]. The lowest BCUT2D eigenvalue weighted by molar-refractivity contribution is 0.189. The average Bonchev–Trinajstić information content (AvgIpc) is 1.80. The predicted molar refractivity (Wildman–Crippen MR) is 39.5 cm³/mol. The van der Waals surface area contributed by atoms with Crippen LogP contribution in [0.5, 0.6) is 0 Å². The van der Waals surface area contributed by atoms with Gasteiger partial charge in [0.1, 0.15) is 0 Å². The summed E-state index contributed by atoms with van der Waals surface area (Å²) in [6.45, 7) is 5.67. The normalized spacial score (nSPS) is 14.0. The largest absolute Gasteiger partial charge is 0.396 e. The highest BCUT2D eigenvalue weighted by Gasteiger charge is 2.21. The number of nitrogens with zero attached hydrogens (tertiary/aromatic N) is 3. The van der Waals surface area contributed by atoms with Crippen molar-refractivity contribution in [2.45, 2.75) is 26.8 Å². The van der Waals surface area contributed by atoms with Crippen LogP contribution in [0.2, 0.25) is 0 Å². The van der Waals surface area contributed by atoms with Gasteiger partial charge in [-0.1, -0.05) is 25.9 Å². The molecule has 0 aromatic heterocycles. The number of aliphatic hydroxyl groups excluding tert-OH is 1. The Hall–Kier alpha value is -0.730. The van der Waals surface area contributed by atoms with E-state index >= 15 is 0 Å². The fourth-order valence-corrected chi connectivity index (χ4v) is 0.546. The molecular formula is C6H13N3O. The second-order valence-electron chi connectivity index (χ2n) is 3.27. The molecule has 0 spiro atoms. The summed E-state index contributed by atoms with van der Waals surface area (Å²) in [6.07, 6.45) is 0. The minimum atomic E-state index is -0.322. The Labute approximate surface area is 60.5 Å². The zero-order valence-corrected chi connectivity index (χ0v) is 6.57. The first kappa shape index (κ1) is 9.27. The summed E-state index contributed by atoms with van der Waals surface area (Å²) in [6, 6.07) is -0.322. The average molecular weight is 143 g/mol. The van der Waals surface area contributed by atoms with E-state index in [2.05, 4.69) is 10.0 Å². The van der Waals surface area contributed by atoms with Crippen LogP contribution in [-0.2, 0) is 0 Å². The molecule has 0 heterocycles. The van der Waals surface area contributed by atoms with Gasteiger partial charge in [0.25, 0.3) is 0 Å². The fourth-order valence-electron chi connectivity index (χ4n) is 0.546. The molecule has 4 heteroatoms. The molecule has 0 radical (unpaired) electrons. The predicted octanol–water partition coefficient (Wildman–Crippen LogP) is 1.70. The molecule has 4 nitrogen and oxygen atoms in total. The Balaban J connectivity index is 4.20. The van der Waals surface area contributed by atoms with E-state index in [-0.39, 0.29) is 18.1 Å². The van der Waals surface area contributed by atoms with Gasteiger partial charge in [-0.2, -0.15) is 0 Å². The van der Waals surface area contributed by atoms with Gasteiger partial charge >= 0.3 is 0 Å². The van der Waals surface area contributed by atoms with Crippen molar-refractivity contribution < 1.29 is 5.11 Å². The van der Waals surface area contributed by atoms with Gasteiger partial charge in [-0.05, 0) is 10.9 Å². The second kappa shape index (κ2) is 3.44. The van der Waals surface area contributed by atoms with E-state index in [0.29, 0.717) is 0 Å². The van der Waals surface area contributed by atoms with E-state index in [4.69, 9.17) is 10.6 Å². The minimum absolute atomic E-state index is 0.0897. The Morgan fingerprint density at radius 2 is 2.10 bits per heavy atom. The molecule has 58 valence electrons. The highest BCUT2D eigenvalue weighted by Crippen LogP contribution is 2.21. The quantitative estimate of drug-likeness (QED) is 0.357. The smallest absolute Gasteiger partial charge is 0.0653 e. The van der Waals surface area contributed by atoms with Crippen LogP contribution in [0, 0.1) is 5.41 Å². The lowest BCUT2D eigenvalue weighted by Crippen LogP contribution is -2.27. The number of aliphatic hydroxyl groups is 1. The van der Waals surface area contributed by atoms with Crippen molar-refractivity contribution in [3.63, 3.8) is 0 Å². The zero-order valence-electron chi connectivity index (χ0n) is 6.57. The molecule has 0 fully saturated rings. The third-order valence-electron chi connectivity index (χ3n) is 1.36. The van der Waals surface area contributed by atoms with Crippen molar-refractivity contribution in [2.24, 2.45) is 10.5 Å². The lowest BCUT2D eigenvalue weighted by atomic mass is 9.88. The van der Waals surface area contributed by atoms with Gasteiger partial charge in [-0.15, -0.1) is 0 Å². The molecule has 1 atom stereocenters. The maximum atomic E-state index is 8.73. The van der Waals surface area contributed by atoms with E-state index in [1.807, 2.05) is 20.8 Å². The zero-order chi connectivity index (χ0) is 8.20. The topological polar surface area (TPSA) is 69.0 Å². The van der Waals surface area contributed by atoms with Gasteiger partial charge < -0.3 is 5.11 Å². The fraction of sp³-hybridized carbons (Fsp3) is 1.00. The van der Waals surface area contributed by atoms with Gasteiger partial charge in [0.2, 0.25) is 0 Å². The number of hydrogen-bond acceptors (Lipinski definition) is 2. The third-order valence-corrected chi connectivity index (χ3v) is 1.36. The van der Waals surface area contributed by atoms with Crippen LogP contribution in [0.15, 0.2) is 5.11 Å². The highest BCUT2D eigenvalue weighted by molar-refractivity contribution is 4.79. The van der Waals surface area contributed by atoms with Crippen LogP contribution in [0.1, 0.15) is 20.8 Å². The molecule has 1 N–H and O–H groups in total. The summed E-state index contributed by atoms with van der Waals surface area (Å²) < 4.78 is 0. The van der Waals surface area contributed by atoms with E-state index in [9.17, 15) is 0 Å². The van der Waals surface area contributed by atoms with Crippen LogP contribution in [0.25, 0.3) is 10.4 Å². The Morgan fingerprint density at radius 3 is 2.20 bits per heavy atom. The first-order chi connectivity index (χ1) is 4.52. The maximum Gasteiger partial charge on any atom is 0.0653 e. The van der Waals surface area contributed by atoms with Crippen molar-refractivity contribution in [1.82, 2.24) is 0 Å². The standard InChI is InChI=1S/C6H13N3O/c1-6(2,3)5(4-10)8-9-7/h5,10H,4H2,1-3H3/t5-/m1/s1. The van der Waals surface area contributed by atoms with Crippen molar-refractivity contribution in [3.05, 3.63) is 10.4 Å². The highest BCUT2D eigenvalue weighted by atomic mass is 16.3. The lowest BCUT2D eigenvalue weighted by Gasteiger charge is -2.24. The summed E-state index contributed by atoms with van der Waals surface area (Å²) in [5.41, 5.74) is 7.93. The molecule has 0 rings (SSSR count). The van der Waals surface area contributed by atoms with Crippen molar-refractivity contribution in [1.29, 1.82) is 0 Å². The van der Waals surface area contributed by atoms with Crippen molar-refractivity contribution in [2.75, 3.05) is 6.61 Å². The Morgan fingerprint density at radius 1 is 1.60 bits per heavy atom. The van der Waals surface area contributed by atoms with Crippen molar-refractivity contribution >= 4 is 0 Å². The summed E-state index contributed by atoms with van der Waals surface area (Å²) >= 11 is 0. The molecule has 0 aliphatic rings. The van der Waals surface area contributed by atoms with Gasteiger partial charge in [-0.3, -0.25) is 0 Å². The maximum absolute atomic E-state index is 8.73. The van der Waals surface area contributed by atoms with Gasteiger partial charge in [0.05, 0.1) is 12.6 Å². The number of hydrogen-bond donors (Lipinski definition) is 1. The number of azide groups is 1. The molecule has 10 heavy (non-hydrogen) atoms. The van der Waals surface area contributed by atoms with Gasteiger partial charge in [-0.25, -0.2) is 0 Å². The van der Waals surface area contributed by atoms with Crippen LogP contribution >= 0.6 is 0 Å². The molecule has 0 bridgehead atoms. The van der Waals surface area contributed by atoms with E-state index in [0.717, 1.165) is 0 Å². The molecule has 0 aliphatic carbocycles. The van der Waals surface area contributed by atoms with Crippen LogP contribution in [-0.4, -0.2) is 17.8 Å². The van der Waals surface area contributed by atoms with Gasteiger partial charge in [0, 0.05) is 4.91 Å². The summed E-state index contributed by atoms with van der Waals surface area (Å²) in [5.74, 6) is 0. The molecule has 0 aromatic rings. The monoisotopic (exact) mass is 143 g/mol. The van der Waals surface area contributed by atoms with E-state index < -0.39 is 0 Å². The molecule has 0 saturated carbocycles. The number of rotatable bonds is 2. The van der Waals surface area contributed by atoms with E-state index in [1.54, 1.807) is 0 Å². The first-order valence-corrected chi connectivity index (χ1v) is 3.17. The van der Waals surface area contributed by atoms with Crippen LogP contribution in [0.4, 0.5) is 0 Å². The Kier molecular flexibility index (Phi) is 3.19. The molecule has 0 aliphatic heterocycles. The molecule has 0 saturated heterocycles. The van der Waals surface area contributed by atoms with E-state index in [1.165, 1.54) is 0 Å². The van der Waals surface area contributed by atoms with Crippen LogP contribution in [0.3, 0.4) is 0 Å². The minimum Gasteiger partial charge on any atom is -0.396 e. The summed E-state index contributed by atoms with van der Waals surface area (Å²) in [4.78, 5) is 2.64. The first-order valence-electron chi connectivity index (χ1n) is 3.17. The Bertz CT molecular complexity index is 144. The molecule has 0 aromatic carbocycles. The molecule has 0 unspecified atom stereocenters.